The first-order valence-corrected chi connectivity index (χ1v) is 15.2. The van der Waals surface area contributed by atoms with Gasteiger partial charge in [0.25, 0.3) is 0 Å². The lowest BCUT2D eigenvalue weighted by Gasteiger charge is -2.47. The lowest BCUT2D eigenvalue weighted by atomic mass is 9.92. The number of ether oxygens (including phenoxy) is 1. The van der Waals surface area contributed by atoms with Crippen molar-refractivity contribution in [3.05, 3.63) is 130 Å². The van der Waals surface area contributed by atoms with E-state index < -0.39 is 11.0 Å². The Morgan fingerprint density at radius 3 is 2.17 bits per heavy atom. The number of thioether (sulfide) groups is 1. The Bertz CT molecular complexity index is 1640. The van der Waals surface area contributed by atoms with Crippen LogP contribution in [0.2, 0.25) is 0 Å². The molecule has 4 aromatic carbocycles. The molecule has 0 unspecified atom stereocenters. The number of benzene rings is 4. The van der Waals surface area contributed by atoms with Crippen molar-refractivity contribution in [2.45, 2.75) is 31.7 Å². The van der Waals surface area contributed by atoms with Gasteiger partial charge < -0.3 is 4.74 Å². The van der Waals surface area contributed by atoms with Gasteiger partial charge in [-0.25, -0.2) is 14.8 Å². The van der Waals surface area contributed by atoms with E-state index in [1.807, 2.05) is 76.7 Å². The highest BCUT2D eigenvalue weighted by Gasteiger charge is 2.56. The molecule has 0 saturated heterocycles. The average Bonchev–Trinajstić information content (AvgIpc) is 3.39. The Balaban J connectivity index is 1.61. The highest BCUT2D eigenvalue weighted by Crippen LogP contribution is 2.55. The summed E-state index contributed by atoms with van der Waals surface area (Å²) < 4.78 is 6.38. The van der Waals surface area contributed by atoms with Crippen LogP contribution in [0.5, 0.6) is 0 Å². The van der Waals surface area contributed by atoms with Crippen LogP contribution in [0.25, 0.3) is 0 Å². The van der Waals surface area contributed by atoms with Crippen molar-refractivity contribution in [1.29, 1.82) is 0 Å². The van der Waals surface area contributed by atoms with Crippen molar-refractivity contribution in [2.24, 2.45) is 10.2 Å². The predicted molar refractivity (Wildman–Crippen MR) is 171 cm³/mol. The molecule has 2 heterocycles. The molecular formula is C33H29BrN4O2S. The van der Waals surface area contributed by atoms with Crippen LogP contribution in [0.3, 0.4) is 0 Å². The number of hydrazone groups is 2. The number of fused-ring (bicyclic) bond motifs is 2. The van der Waals surface area contributed by atoms with Gasteiger partial charge in [0.1, 0.15) is 0 Å². The van der Waals surface area contributed by atoms with Crippen molar-refractivity contribution in [3.8, 4) is 0 Å². The summed E-state index contributed by atoms with van der Waals surface area (Å²) in [6.45, 7) is 6.45. The van der Waals surface area contributed by atoms with E-state index in [2.05, 4.69) is 66.2 Å². The minimum absolute atomic E-state index is 0.261. The molecule has 1 spiro atoms. The normalized spacial score (nSPS) is 17.9. The van der Waals surface area contributed by atoms with Crippen LogP contribution >= 0.6 is 27.7 Å². The topological polar surface area (TPSA) is 57.5 Å². The van der Waals surface area contributed by atoms with Gasteiger partial charge in [0.05, 0.1) is 23.7 Å². The first-order chi connectivity index (χ1) is 19.9. The van der Waals surface area contributed by atoms with Gasteiger partial charge in [-0.3, -0.25) is 0 Å². The van der Waals surface area contributed by atoms with Crippen LogP contribution < -0.4 is 10.0 Å². The number of para-hydroxylation sites is 1. The number of halogens is 1. The Morgan fingerprint density at radius 1 is 0.854 bits per heavy atom. The van der Waals surface area contributed by atoms with Crippen LogP contribution in [0.1, 0.15) is 48.9 Å². The number of carbonyl (C=O) groups excluding carboxylic acids is 1. The summed E-state index contributed by atoms with van der Waals surface area (Å²) in [7, 11) is 0. The fourth-order valence-corrected chi connectivity index (χ4v) is 6.65. The SMILES string of the molecule is CCOC(=O)C1=NN(c2ccc(Br)cc2)[C@]2(S1)c1ccccc1C(c1ccc(C(C)C)cc1)=NN2c1ccccc1. The van der Waals surface area contributed by atoms with E-state index in [0.29, 0.717) is 5.92 Å². The second kappa shape index (κ2) is 11.2. The number of hydrogen-bond acceptors (Lipinski definition) is 7. The third-order valence-electron chi connectivity index (χ3n) is 7.11. The van der Waals surface area contributed by atoms with Crippen LogP contribution in [-0.4, -0.2) is 23.3 Å². The van der Waals surface area contributed by atoms with E-state index in [1.165, 1.54) is 17.3 Å². The molecule has 6 nitrogen and oxygen atoms in total. The number of rotatable bonds is 6. The zero-order valence-corrected chi connectivity index (χ0v) is 25.4. The molecule has 0 saturated carbocycles. The quantitative estimate of drug-likeness (QED) is 0.203. The van der Waals surface area contributed by atoms with Gasteiger partial charge in [-0.15, -0.1) is 0 Å². The molecule has 0 bridgehead atoms. The molecule has 4 aromatic rings. The maximum atomic E-state index is 13.2. The van der Waals surface area contributed by atoms with E-state index in [0.717, 1.165) is 38.2 Å². The maximum absolute atomic E-state index is 13.2. The smallest absolute Gasteiger partial charge is 0.365 e. The van der Waals surface area contributed by atoms with Crippen LogP contribution in [-0.2, 0) is 14.5 Å². The molecule has 1 atom stereocenters. The van der Waals surface area contributed by atoms with Crippen molar-refractivity contribution >= 4 is 55.8 Å². The molecule has 0 fully saturated rings. The van der Waals surface area contributed by atoms with E-state index in [4.69, 9.17) is 14.9 Å². The second-order valence-corrected chi connectivity index (χ2v) is 12.1. The molecule has 6 rings (SSSR count). The van der Waals surface area contributed by atoms with Gasteiger partial charge in [-0.2, -0.15) is 10.2 Å². The average molecular weight is 626 g/mol. The summed E-state index contributed by atoms with van der Waals surface area (Å²) >= 11 is 4.90. The van der Waals surface area contributed by atoms with Gasteiger partial charge in [0.2, 0.25) is 10.0 Å². The second-order valence-electron chi connectivity index (χ2n) is 10.0. The van der Waals surface area contributed by atoms with Crippen LogP contribution in [0, 0.1) is 0 Å². The first kappa shape index (κ1) is 27.3. The highest BCUT2D eigenvalue weighted by molar-refractivity contribution is 9.10. The van der Waals surface area contributed by atoms with Crippen LogP contribution in [0.4, 0.5) is 11.4 Å². The van der Waals surface area contributed by atoms with E-state index >= 15 is 0 Å². The molecule has 0 aliphatic carbocycles. The summed E-state index contributed by atoms with van der Waals surface area (Å²) in [5.41, 5.74) is 6.78. The Hall–Kier alpha value is -3.88. The van der Waals surface area contributed by atoms with E-state index in [1.54, 1.807) is 6.92 Å². The first-order valence-electron chi connectivity index (χ1n) is 13.6. The van der Waals surface area contributed by atoms with Crippen molar-refractivity contribution in [3.63, 3.8) is 0 Å². The van der Waals surface area contributed by atoms with E-state index in [9.17, 15) is 4.79 Å². The Labute approximate surface area is 252 Å². The minimum Gasteiger partial charge on any atom is -0.461 e. The van der Waals surface area contributed by atoms with Gasteiger partial charge in [-0.05, 0) is 66.6 Å². The zero-order valence-electron chi connectivity index (χ0n) is 23.0. The van der Waals surface area contributed by atoms with Crippen molar-refractivity contribution in [1.82, 2.24) is 0 Å². The number of anilines is 2. The largest absolute Gasteiger partial charge is 0.461 e. The fraction of sp³-hybridized carbons (Fsp3) is 0.182. The monoisotopic (exact) mass is 624 g/mol. The third kappa shape index (κ3) is 4.85. The number of hydrogen-bond donors (Lipinski definition) is 0. The standard InChI is InChI=1S/C33H29BrN4O2S/c1-4-40-32(39)31-36-38(27-20-18-25(34)19-21-27)33(41-31)29-13-9-8-12-28(29)30(24-16-14-23(15-17-24)22(2)3)35-37(33)26-10-6-5-7-11-26/h5-22H,4H2,1-3H3/t33-/m0/s1. The minimum atomic E-state index is -1.03. The zero-order chi connectivity index (χ0) is 28.6. The summed E-state index contributed by atoms with van der Waals surface area (Å²) in [4.78, 5) is 12.1. The molecule has 206 valence electrons. The molecule has 0 radical (unpaired) electrons. The summed E-state index contributed by atoms with van der Waals surface area (Å²) in [6, 6.07) is 34.8. The maximum Gasteiger partial charge on any atom is 0.365 e. The number of carbonyl (C=O) groups is 1. The number of esters is 1. The molecule has 2 aliphatic heterocycles. The number of nitrogens with zero attached hydrogens (tertiary/aromatic N) is 4. The lowest BCUT2D eigenvalue weighted by Crippen LogP contribution is -2.54. The molecule has 8 heteroatoms. The molecule has 0 amide bonds. The summed E-state index contributed by atoms with van der Waals surface area (Å²) in [5, 5.41) is 14.4. The molecular weight excluding hydrogens is 596 g/mol. The predicted octanol–water partition coefficient (Wildman–Crippen LogP) is 8.09. The summed E-state index contributed by atoms with van der Waals surface area (Å²) in [5.74, 6) is -0.0254. The van der Waals surface area contributed by atoms with Gasteiger partial charge in [0.15, 0.2) is 0 Å². The summed E-state index contributed by atoms with van der Waals surface area (Å²) in [6.07, 6.45) is 0. The fourth-order valence-electron chi connectivity index (χ4n) is 5.10. The van der Waals surface area contributed by atoms with Crippen molar-refractivity contribution in [2.75, 3.05) is 16.6 Å². The molecule has 0 N–H and O–H groups in total. The molecule has 0 aromatic heterocycles. The van der Waals surface area contributed by atoms with E-state index in [-0.39, 0.29) is 11.7 Å². The Kier molecular flexibility index (Phi) is 7.45. The van der Waals surface area contributed by atoms with Crippen LogP contribution in [0.15, 0.2) is 118 Å². The van der Waals surface area contributed by atoms with Gasteiger partial charge in [0, 0.05) is 21.2 Å². The van der Waals surface area contributed by atoms with Crippen molar-refractivity contribution < 1.29 is 9.53 Å². The lowest BCUT2D eigenvalue weighted by molar-refractivity contribution is -0.134. The Morgan fingerprint density at radius 2 is 1.49 bits per heavy atom. The van der Waals surface area contributed by atoms with Gasteiger partial charge in [-0.1, -0.05) is 96.5 Å². The van der Waals surface area contributed by atoms with Gasteiger partial charge >= 0.3 is 5.97 Å². The third-order valence-corrected chi connectivity index (χ3v) is 8.93. The molecule has 2 aliphatic rings. The molecule has 41 heavy (non-hydrogen) atoms. The highest BCUT2D eigenvalue weighted by atomic mass is 79.9.